The minimum atomic E-state index is -0.395. The van der Waals surface area contributed by atoms with Crippen molar-refractivity contribution < 1.29 is 18.9 Å². The zero-order valence-corrected chi connectivity index (χ0v) is 13.9. The molecule has 1 N–H and O–H groups in total. The van der Waals surface area contributed by atoms with E-state index in [1.807, 2.05) is 0 Å². The first-order valence-electron chi connectivity index (χ1n) is 8.18. The Morgan fingerprint density at radius 1 is 1.29 bits per heavy atom. The predicted molar refractivity (Wildman–Crippen MR) is 81.4 cm³/mol. The van der Waals surface area contributed by atoms with Crippen molar-refractivity contribution in [2.75, 3.05) is 33.5 Å². The highest BCUT2D eigenvalue weighted by atomic mass is 16.7. The van der Waals surface area contributed by atoms with Gasteiger partial charge in [-0.1, -0.05) is 6.92 Å². The molecule has 1 aliphatic carbocycles. The summed E-state index contributed by atoms with van der Waals surface area (Å²) in [5.41, 5.74) is -0.138. The molecule has 0 amide bonds. The van der Waals surface area contributed by atoms with Gasteiger partial charge >= 0.3 is 0 Å². The Balaban J connectivity index is 1.88. The van der Waals surface area contributed by atoms with E-state index in [4.69, 9.17) is 18.9 Å². The number of nitrogens with one attached hydrogen (secondary N) is 1. The van der Waals surface area contributed by atoms with E-state index in [0.29, 0.717) is 25.9 Å². The normalized spacial score (nSPS) is 29.1. The molecule has 0 bridgehead atoms. The zero-order valence-electron chi connectivity index (χ0n) is 13.9. The fourth-order valence-electron chi connectivity index (χ4n) is 3.10. The van der Waals surface area contributed by atoms with Crippen molar-refractivity contribution >= 4 is 0 Å². The van der Waals surface area contributed by atoms with E-state index in [-0.39, 0.29) is 11.7 Å². The lowest BCUT2D eigenvalue weighted by Crippen LogP contribution is -2.52. The van der Waals surface area contributed by atoms with E-state index in [1.165, 1.54) is 0 Å². The van der Waals surface area contributed by atoms with Crippen molar-refractivity contribution in [1.82, 2.24) is 5.32 Å². The molecule has 21 heavy (non-hydrogen) atoms. The number of hydrogen-bond donors (Lipinski definition) is 1. The molecule has 2 aliphatic rings. The Morgan fingerprint density at radius 2 is 2.00 bits per heavy atom. The van der Waals surface area contributed by atoms with Gasteiger partial charge in [0.05, 0.1) is 24.9 Å². The average molecular weight is 301 g/mol. The van der Waals surface area contributed by atoms with Crippen molar-refractivity contribution in [1.29, 1.82) is 0 Å². The van der Waals surface area contributed by atoms with Crippen LogP contribution in [0.25, 0.3) is 0 Å². The molecule has 0 aromatic carbocycles. The van der Waals surface area contributed by atoms with E-state index in [0.717, 1.165) is 32.2 Å². The lowest BCUT2D eigenvalue weighted by atomic mass is 9.87. The minimum absolute atomic E-state index is 0.138. The maximum Gasteiger partial charge on any atom is 0.171 e. The van der Waals surface area contributed by atoms with Crippen LogP contribution in [0.3, 0.4) is 0 Å². The molecule has 5 heteroatoms. The summed E-state index contributed by atoms with van der Waals surface area (Å²) in [7, 11) is 1.75. The molecule has 1 saturated carbocycles. The van der Waals surface area contributed by atoms with E-state index in [2.05, 4.69) is 26.1 Å². The molecule has 5 nitrogen and oxygen atoms in total. The van der Waals surface area contributed by atoms with Crippen LogP contribution in [0.5, 0.6) is 0 Å². The van der Waals surface area contributed by atoms with Crippen molar-refractivity contribution in [3.8, 4) is 0 Å². The van der Waals surface area contributed by atoms with Gasteiger partial charge in [-0.15, -0.1) is 0 Å². The van der Waals surface area contributed by atoms with Gasteiger partial charge in [0, 0.05) is 32.6 Å². The van der Waals surface area contributed by atoms with Crippen molar-refractivity contribution in [3.05, 3.63) is 0 Å². The maximum atomic E-state index is 6.17. The first-order valence-corrected chi connectivity index (χ1v) is 8.18. The lowest BCUT2D eigenvalue weighted by Gasteiger charge is -2.41. The SMILES string of the molecule is CCNC1CCC2(CC1OCCC(C)(C)OC)OCCO2. The number of methoxy groups -OCH3 is 1. The molecule has 1 spiro atoms. The quantitative estimate of drug-likeness (QED) is 0.780. The summed E-state index contributed by atoms with van der Waals surface area (Å²) >= 11 is 0. The molecule has 2 fully saturated rings. The topological polar surface area (TPSA) is 49.0 Å². The molecule has 1 heterocycles. The van der Waals surface area contributed by atoms with E-state index < -0.39 is 5.79 Å². The molecule has 2 rings (SSSR count). The van der Waals surface area contributed by atoms with Crippen LogP contribution in [0.2, 0.25) is 0 Å². The average Bonchev–Trinajstić information content (AvgIpc) is 2.90. The summed E-state index contributed by atoms with van der Waals surface area (Å²) < 4.78 is 23.3. The van der Waals surface area contributed by atoms with Crippen LogP contribution in [0.1, 0.15) is 46.5 Å². The van der Waals surface area contributed by atoms with Gasteiger partial charge in [0.25, 0.3) is 0 Å². The number of rotatable bonds is 7. The van der Waals surface area contributed by atoms with Crippen molar-refractivity contribution in [2.24, 2.45) is 0 Å². The summed E-state index contributed by atoms with van der Waals surface area (Å²) in [5, 5.41) is 3.54. The van der Waals surface area contributed by atoms with Gasteiger partial charge < -0.3 is 24.3 Å². The molecule has 0 aromatic heterocycles. The molecule has 1 aliphatic heterocycles. The maximum absolute atomic E-state index is 6.17. The van der Waals surface area contributed by atoms with Crippen molar-refractivity contribution in [3.63, 3.8) is 0 Å². The first-order chi connectivity index (χ1) is 10.0. The van der Waals surface area contributed by atoms with E-state index >= 15 is 0 Å². The molecule has 124 valence electrons. The van der Waals surface area contributed by atoms with E-state index in [9.17, 15) is 0 Å². The fraction of sp³-hybridized carbons (Fsp3) is 1.00. The highest BCUT2D eigenvalue weighted by Gasteiger charge is 2.45. The number of ether oxygens (including phenoxy) is 4. The van der Waals surface area contributed by atoms with Gasteiger partial charge in [-0.25, -0.2) is 0 Å². The largest absolute Gasteiger partial charge is 0.379 e. The summed E-state index contributed by atoms with van der Waals surface area (Å²) in [5.74, 6) is -0.395. The second kappa shape index (κ2) is 7.38. The van der Waals surface area contributed by atoms with Crippen molar-refractivity contribution in [2.45, 2.75) is 70.0 Å². The monoisotopic (exact) mass is 301 g/mol. The molecular formula is C16H31NO4. The predicted octanol–water partition coefficient (Wildman–Crippen LogP) is 2.09. The minimum Gasteiger partial charge on any atom is -0.379 e. The highest BCUT2D eigenvalue weighted by molar-refractivity contribution is 4.92. The van der Waals surface area contributed by atoms with Crippen LogP contribution in [-0.4, -0.2) is 57.0 Å². The van der Waals surface area contributed by atoms with Gasteiger partial charge in [0.2, 0.25) is 0 Å². The van der Waals surface area contributed by atoms with Gasteiger partial charge in [0.1, 0.15) is 0 Å². The second-order valence-electron chi connectivity index (χ2n) is 6.64. The van der Waals surface area contributed by atoms with Gasteiger partial charge in [-0.2, -0.15) is 0 Å². The van der Waals surface area contributed by atoms with Gasteiger partial charge in [-0.3, -0.25) is 0 Å². The molecule has 2 unspecified atom stereocenters. The fourth-order valence-corrected chi connectivity index (χ4v) is 3.10. The third-order valence-corrected chi connectivity index (χ3v) is 4.67. The summed E-state index contributed by atoms with van der Waals surface area (Å²) in [6, 6.07) is 0.388. The van der Waals surface area contributed by atoms with E-state index in [1.54, 1.807) is 7.11 Å². The standard InChI is InChI=1S/C16H31NO4/c1-5-17-13-6-7-16(20-10-11-21-16)12-14(13)19-9-8-15(2,3)18-4/h13-14,17H,5-12H2,1-4H3. The van der Waals surface area contributed by atoms with Crippen LogP contribution < -0.4 is 5.32 Å². The number of likely N-dealkylation sites (N-methyl/N-ethyl adjacent to an activating group) is 1. The Morgan fingerprint density at radius 3 is 2.62 bits per heavy atom. The Hall–Kier alpha value is -0.200. The first kappa shape index (κ1) is 17.2. The Bertz CT molecular complexity index is 315. The molecule has 2 atom stereocenters. The van der Waals surface area contributed by atoms with Crippen LogP contribution in [0, 0.1) is 0 Å². The van der Waals surface area contributed by atoms with Crippen LogP contribution in [0.15, 0.2) is 0 Å². The molecular weight excluding hydrogens is 270 g/mol. The summed E-state index contributed by atoms with van der Waals surface area (Å²) in [4.78, 5) is 0. The lowest BCUT2D eigenvalue weighted by molar-refractivity contribution is -0.208. The Labute approximate surface area is 128 Å². The highest BCUT2D eigenvalue weighted by Crippen LogP contribution is 2.37. The van der Waals surface area contributed by atoms with Gasteiger partial charge in [-0.05, 0) is 33.2 Å². The second-order valence-corrected chi connectivity index (χ2v) is 6.64. The molecule has 0 radical (unpaired) electrons. The van der Waals surface area contributed by atoms with Gasteiger partial charge in [0.15, 0.2) is 5.79 Å². The van der Waals surface area contributed by atoms with Crippen LogP contribution in [0.4, 0.5) is 0 Å². The summed E-state index contributed by atoms with van der Waals surface area (Å²) in [6.07, 6.45) is 3.83. The molecule has 0 aromatic rings. The van der Waals surface area contributed by atoms with Crippen LogP contribution in [-0.2, 0) is 18.9 Å². The third kappa shape index (κ3) is 4.63. The smallest absolute Gasteiger partial charge is 0.171 e. The van der Waals surface area contributed by atoms with Crippen LogP contribution >= 0.6 is 0 Å². The Kier molecular flexibility index (Phi) is 6.03. The molecule has 1 saturated heterocycles. The number of hydrogen-bond acceptors (Lipinski definition) is 5. The summed E-state index contributed by atoms with van der Waals surface area (Å²) in [6.45, 7) is 9.38. The zero-order chi connectivity index (χ0) is 15.3. The third-order valence-electron chi connectivity index (χ3n) is 4.67.